The zero-order chi connectivity index (χ0) is 21.3. The zero-order valence-electron chi connectivity index (χ0n) is 17.1. The maximum Gasteiger partial charge on any atom is 0.290 e. The van der Waals surface area contributed by atoms with Crippen LogP contribution in [-0.4, -0.2) is 48.9 Å². The van der Waals surface area contributed by atoms with Gasteiger partial charge in [0.1, 0.15) is 12.3 Å². The summed E-state index contributed by atoms with van der Waals surface area (Å²) >= 11 is 0. The lowest BCUT2D eigenvalue weighted by Crippen LogP contribution is -2.48. The van der Waals surface area contributed by atoms with E-state index in [1.54, 1.807) is 48.4 Å². The van der Waals surface area contributed by atoms with E-state index in [-0.39, 0.29) is 42.6 Å². The molecular weight excluding hydrogens is 386 g/mol. The first-order chi connectivity index (χ1) is 14.6. The maximum absolute atomic E-state index is 12.8. The van der Waals surface area contributed by atoms with Gasteiger partial charge in [0.25, 0.3) is 5.91 Å². The van der Waals surface area contributed by atoms with Crippen LogP contribution in [0.15, 0.2) is 47.1 Å². The molecule has 8 nitrogen and oxygen atoms in total. The minimum atomic E-state index is -0.384. The van der Waals surface area contributed by atoms with Crippen LogP contribution in [0.3, 0.4) is 0 Å². The second-order valence-corrected chi connectivity index (χ2v) is 7.26. The minimum absolute atomic E-state index is 0.00442. The van der Waals surface area contributed by atoms with Crippen LogP contribution in [-0.2, 0) is 9.59 Å². The standard InChI is InChI=1S/C22H27N3O5/c1-29-18-11-9-16(10-12-18)24-20(26)14-23-21(27)15-25(17-6-3-2-4-7-17)22(28)19-8-5-13-30-19/h5,8-13,17H,2-4,6-7,14-15H2,1H3,(H,23,27)(H,24,26). The SMILES string of the molecule is COc1ccc(NC(=O)CNC(=O)CN(C(=O)c2ccco2)C2CCCCC2)cc1. The number of benzene rings is 1. The van der Waals surface area contributed by atoms with Gasteiger partial charge in [-0.3, -0.25) is 14.4 Å². The van der Waals surface area contributed by atoms with Crippen molar-refractivity contribution in [2.24, 2.45) is 0 Å². The Bertz CT molecular complexity index is 842. The lowest BCUT2D eigenvalue weighted by molar-refractivity contribution is -0.125. The predicted molar refractivity (Wildman–Crippen MR) is 111 cm³/mol. The summed E-state index contributed by atoms with van der Waals surface area (Å²) in [4.78, 5) is 39.0. The average molecular weight is 413 g/mol. The Labute approximate surface area is 175 Å². The fourth-order valence-corrected chi connectivity index (χ4v) is 3.57. The van der Waals surface area contributed by atoms with Gasteiger partial charge < -0.3 is 24.7 Å². The second-order valence-electron chi connectivity index (χ2n) is 7.26. The minimum Gasteiger partial charge on any atom is -0.497 e. The Balaban J connectivity index is 1.54. The number of nitrogens with zero attached hydrogens (tertiary/aromatic N) is 1. The van der Waals surface area contributed by atoms with Gasteiger partial charge in [-0.05, 0) is 49.2 Å². The molecule has 0 atom stereocenters. The molecule has 0 radical (unpaired) electrons. The highest BCUT2D eigenvalue weighted by atomic mass is 16.5. The number of rotatable bonds is 8. The van der Waals surface area contributed by atoms with Crippen molar-refractivity contribution in [1.29, 1.82) is 0 Å². The number of carbonyl (C=O) groups excluding carboxylic acids is 3. The normalized spacial score (nSPS) is 14.0. The van der Waals surface area contributed by atoms with Gasteiger partial charge in [0.2, 0.25) is 11.8 Å². The highest BCUT2D eigenvalue weighted by molar-refractivity contribution is 5.97. The first-order valence-electron chi connectivity index (χ1n) is 10.1. The molecule has 1 saturated carbocycles. The number of furan rings is 1. The van der Waals surface area contributed by atoms with Gasteiger partial charge >= 0.3 is 0 Å². The largest absolute Gasteiger partial charge is 0.497 e. The smallest absolute Gasteiger partial charge is 0.290 e. The zero-order valence-corrected chi connectivity index (χ0v) is 17.1. The Hall–Kier alpha value is -3.29. The summed E-state index contributed by atoms with van der Waals surface area (Å²) in [5.41, 5.74) is 0.604. The molecule has 0 spiro atoms. The van der Waals surface area contributed by atoms with Gasteiger partial charge in [-0.2, -0.15) is 0 Å². The Morgan fingerprint density at radius 1 is 1.07 bits per heavy atom. The average Bonchev–Trinajstić information content (AvgIpc) is 3.32. The van der Waals surface area contributed by atoms with Gasteiger partial charge in [-0.25, -0.2) is 0 Å². The van der Waals surface area contributed by atoms with E-state index in [4.69, 9.17) is 9.15 Å². The first-order valence-corrected chi connectivity index (χ1v) is 10.1. The Kier molecular flexibility index (Phi) is 7.48. The summed E-state index contributed by atoms with van der Waals surface area (Å²) < 4.78 is 10.3. The lowest BCUT2D eigenvalue weighted by atomic mass is 9.94. The molecule has 0 aliphatic heterocycles. The van der Waals surface area contributed by atoms with Crippen molar-refractivity contribution >= 4 is 23.4 Å². The van der Waals surface area contributed by atoms with Crippen LogP contribution < -0.4 is 15.4 Å². The fraction of sp³-hybridized carbons (Fsp3) is 0.409. The van der Waals surface area contributed by atoms with Gasteiger partial charge in [0.15, 0.2) is 5.76 Å². The van der Waals surface area contributed by atoms with E-state index >= 15 is 0 Å². The van der Waals surface area contributed by atoms with Crippen molar-refractivity contribution in [3.05, 3.63) is 48.4 Å². The molecule has 0 unspecified atom stereocenters. The van der Waals surface area contributed by atoms with Crippen LogP contribution in [0.4, 0.5) is 5.69 Å². The van der Waals surface area contributed by atoms with Crippen molar-refractivity contribution in [3.63, 3.8) is 0 Å². The number of hydrogen-bond acceptors (Lipinski definition) is 5. The number of hydrogen-bond donors (Lipinski definition) is 2. The number of ether oxygens (including phenoxy) is 1. The summed E-state index contributed by atoms with van der Waals surface area (Å²) in [6, 6.07) is 10.1. The molecule has 160 valence electrons. The highest BCUT2D eigenvalue weighted by Crippen LogP contribution is 2.24. The molecule has 2 N–H and O–H groups in total. The second kappa shape index (κ2) is 10.5. The van der Waals surface area contributed by atoms with Crippen LogP contribution in [0.1, 0.15) is 42.7 Å². The molecule has 1 heterocycles. The third-order valence-electron chi connectivity index (χ3n) is 5.14. The molecule has 1 aromatic heterocycles. The van der Waals surface area contributed by atoms with Crippen LogP contribution in [0.25, 0.3) is 0 Å². The van der Waals surface area contributed by atoms with E-state index in [0.717, 1.165) is 32.1 Å². The molecule has 8 heteroatoms. The number of methoxy groups -OCH3 is 1. The quantitative estimate of drug-likeness (QED) is 0.693. The third kappa shape index (κ3) is 5.85. The van der Waals surface area contributed by atoms with Crippen molar-refractivity contribution < 1.29 is 23.5 Å². The molecular formula is C22H27N3O5. The van der Waals surface area contributed by atoms with Crippen molar-refractivity contribution in [2.45, 2.75) is 38.1 Å². The Morgan fingerprint density at radius 3 is 2.43 bits per heavy atom. The van der Waals surface area contributed by atoms with E-state index in [2.05, 4.69) is 10.6 Å². The molecule has 0 saturated heterocycles. The number of amides is 3. The molecule has 1 aliphatic rings. The summed E-state index contributed by atoms with van der Waals surface area (Å²) in [6.45, 7) is -0.293. The van der Waals surface area contributed by atoms with Gasteiger partial charge in [-0.1, -0.05) is 19.3 Å². The summed E-state index contributed by atoms with van der Waals surface area (Å²) in [5, 5.41) is 5.30. The van der Waals surface area contributed by atoms with Crippen molar-refractivity contribution in [3.8, 4) is 5.75 Å². The van der Waals surface area contributed by atoms with E-state index in [9.17, 15) is 14.4 Å². The van der Waals surface area contributed by atoms with Crippen LogP contribution >= 0.6 is 0 Å². The maximum atomic E-state index is 12.8. The van der Waals surface area contributed by atoms with Gasteiger partial charge in [0.05, 0.1) is 19.9 Å². The monoisotopic (exact) mass is 413 g/mol. The molecule has 3 rings (SSSR count). The van der Waals surface area contributed by atoms with Crippen LogP contribution in [0.2, 0.25) is 0 Å². The summed E-state index contributed by atoms with van der Waals surface area (Å²) in [6.07, 6.45) is 6.35. The van der Waals surface area contributed by atoms with Crippen molar-refractivity contribution in [2.75, 3.05) is 25.5 Å². The molecule has 1 aromatic carbocycles. The fourth-order valence-electron chi connectivity index (χ4n) is 3.57. The molecule has 1 aliphatic carbocycles. The number of carbonyl (C=O) groups is 3. The molecule has 3 amide bonds. The number of nitrogens with one attached hydrogen (secondary N) is 2. The van der Waals surface area contributed by atoms with E-state index in [0.29, 0.717) is 11.4 Å². The molecule has 2 aromatic rings. The van der Waals surface area contributed by atoms with Gasteiger partial charge in [0, 0.05) is 11.7 Å². The van der Waals surface area contributed by atoms with E-state index in [1.165, 1.54) is 6.26 Å². The molecule has 1 fully saturated rings. The Morgan fingerprint density at radius 2 is 1.80 bits per heavy atom. The molecule has 30 heavy (non-hydrogen) atoms. The highest BCUT2D eigenvalue weighted by Gasteiger charge is 2.29. The summed E-state index contributed by atoms with van der Waals surface area (Å²) in [5.74, 6) is -0.138. The van der Waals surface area contributed by atoms with Crippen molar-refractivity contribution in [1.82, 2.24) is 10.2 Å². The predicted octanol–water partition coefficient (Wildman–Crippen LogP) is 2.82. The lowest BCUT2D eigenvalue weighted by Gasteiger charge is -2.33. The summed E-state index contributed by atoms with van der Waals surface area (Å²) in [7, 11) is 1.57. The number of anilines is 1. The first kappa shape index (κ1) is 21.4. The molecule has 0 bridgehead atoms. The topological polar surface area (TPSA) is 101 Å². The van der Waals surface area contributed by atoms with Gasteiger partial charge in [-0.15, -0.1) is 0 Å². The van der Waals surface area contributed by atoms with Crippen LogP contribution in [0.5, 0.6) is 5.75 Å². The van der Waals surface area contributed by atoms with E-state index < -0.39 is 0 Å². The third-order valence-corrected chi connectivity index (χ3v) is 5.14. The van der Waals surface area contributed by atoms with Crippen LogP contribution in [0, 0.1) is 0 Å². The van der Waals surface area contributed by atoms with E-state index in [1.807, 2.05) is 0 Å².